The first-order chi connectivity index (χ1) is 13.0. The van der Waals surface area contributed by atoms with Crippen LogP contribution in [0.15, 0.2) is 42.5 Å². The van der Waals surface area contributed by atoms with Gasteiger partial charge >= 0.3 is 0 Å². The third-order valence-corrected chi connectivity index (χ3v) is 5.74. The van der Waals surface area contributed by atoms with Crippen molar-refractivity contribution in [2.45, 2.75) is 33.1 Å². The van der Waals surface area contributed by atoms with Crippen LogP contribution >= 0.6 is 0 Å². The van der Waals surface area contributed by atoms with E-state index in [0.717, 1.165) is 37.9 Å². The fourth-order valence-corrected chi connectivity index (χ4v) is 4.11. The highest BCUT2D eigenvalue weighted by Crippen LogP contribution is 2.30. The van der Waals surface area contributed by atoms with Crippen molar-refractivity contribution in [1.29, 1.82) is 0 Å². The first-order valence-electron chi connectivity index (χ1n) is 9.75. The van der Waals surface area contributed by atoms with E-state index in [1.807, 2.05) is 12.1 Å². The van der Waals surface area contributed by atoms with Crippen LogP contribution in [0.4, 0.5) is 4.39 Å². The number of benzene rings is 2. The fraction of sp³-hybridized carbons (Fsp3) is 0.333. The first-order valence-corrected chi connectivity index (χ1v) is 9.75. The predicted octanol–water partition coefficient (Wildman–Crippen LogP) is 5.29. The number of likely N-dealkylation sites (N-methyl/N-ethyl adjacent to an activating group) is 1. The van der Waals surface area contributed by atoms with Crippen LogP contribution in [0.5, 0.6) is 0 Å². The zero-order valence-corrected chi connectivity index (χ0v) is 16.4. The van der Waals surface area contributed by atoms with Crippen LogP contribution in [0.25, 0.3) is 16.5 Å². The summed E-state index contributed by atoms with van der Waals surface area (Å²) in [6, 6.07) is 11.4. The molecule has 2 aromatic carbocycles. The third-order valence-electron chi connectivity index (χ3n) is 5.74. The standard InChI is InChI=1S/C24H27FN2/c1-16-14-19(5-4-17(2)18-6-8-20(25)9-7-18)24-22(15-16)21-10-12-27(3)13-11-23(21)26-24/h4,6-9,14-15,26H,5,10-13H2,1-3H3/b17-4+. The van der Waals surface area contributed by atoms with Crippen LogP contribution in [-0.4, -0.2) is 30.0 Å². The van der Waals surface area contributed by atoms with Gasteiger partial charge in [-0.25, -0.2) is 4.39 Å². The maximum atomic E-state index is 13.2. The van der Waals surface area contributed by atoms with E-state index in [4.69, 9.17) is 0 Å². The number of allylic oxidation sites excluding steroid dienone is 2. The van der Waals surface area contributed by atoms with E-state index in [-0.39, 0.29) is 5.82 Å². The van der Waals surface area contributed by atoms with E-state index in [9.17, 15) is 4.39 Å². The van der Waals surface area contributed by atoms with E-state index in [1.165, 1.54) is 51.0 Å². The molecule has 0 atom stereocenters. The molecule has 0 fully saturated rings. The van der Waals surface area contributed by atoms with Gasteiger partial charge in [0.25, 0.3) is 0 Å². The summed E-state index contributed by atoms with van der Waals surface area (Å²) in [5, 5.41) is 1.39. The highest BCUT2D eigenvalue weighted by atomic mass is 19.1. The molecule has 3 heteroatoms. The minimum Gasteiger partial charge on any atom is -0.358 e. The maximum Gasteiger partial charge on any atom is 0.123 e. The molecule has 4 rings (SSSR count). The Morgan fingerprint density at radius 1 is 1.15 bits per heavy atom. The average Bonchev–Trinajstić information content (AvgIpc) is 2.89. The van der Waals surface area contributed by atoms with Crippen molar-refractivity contribution in [2.75, 3.05) is 20.1 Å². The predicted molar refractivity (Wildman–Crippen MR) is 112 cm³/mol. The van der Waals surface area contributed by atoms with Crippen LogP contribution in [0.3, 0.4) is 0 Å². The van der Waals surface area contributed by atoms with Gasteiger partial charge < -0.3 is 9.88 Å². The van der Waals surface area contributed by atoms with Crippen LogP contribution < -0.4 is 0 Å². The second kappa shape index (κ2) is 7.32. The number of aromatic amines is 1. The highest BCUT2D eigenvalue weighted by molar-refractivity contribution is 5.88. The highest BCUT2D eigenvalue weighted by Gasteiger charge is 2.18. The lowest BCUT2D eigenvalue weighted by atomic mass is 9.99. The quantitative estimate of drug-likeness (QED) is 0.670. The van der Waals surface area contributed by atoms with E-state index < -0.39 is 0 Å². The second-order valence-electron chi connectivity index (χ2n) is 7.83. The van der Waals surface area contributed by atoms with E-state index in [2.05, 4.69) is 49.0 Å². The minimum atomic E-state index is -0.189. The smallest absolute Gasteiger partial charge is 0.123 e. The number of halogens is 1. The molecule has 1 aliphatic heterocycles. The van der Waals surface area contributed by atoms with E-state index in [0.29, 0.717) is 0 Å². The number of fused-ring (bicyclic) bond motifs is 3. The molecule has 0 spiro atoms. The van der Waals surface area contributed by atoms with Crippen molar-refractivity contribution >= 4 is 16.5 Å². The SMILES string of the molecule is C/C(=C\Cc1cc(C)cc2c3c([nH]c12)CCN(C)CC3)c1ccc(F)cc1. The van der Waals surface area contributed by atoms with Crippen LogP contribution in [0.2, 0.25) is 0 Å². The molecule has 27 heavy (non-hydrogen) atoms. The first kappa shape index (κ1) is 18.0. The van der Waals surface area contributed by atoms with Crippen molar-refractivity contribution in [3.8, 4) is 0 Å². The summed E-state index contributed by atoms with van der Waals surface area (Å²) in [5.41, 5.74) is 9.10. The summed E-state index contributed by atoms with van der Waals surface area (Å²) < 4.78 is 13.2. The van der Waals surface area contributed by atoms with Gasteiger partial charge in [0.15, 0.2) is 0 Å². The molecule has 1 aromatic heterocycles. The summed E-state index contributed by atoms with van der Waals surface area (Å²) >= 11 is 0. The molecule has 0 unspecified atom stereocenters. The van der Waals surface area contributed by atoms with Gasteiger partial charge in [-0.05, 0) is 74.2 Å². The lowest BCUT2D eigenvalue weighted by Gasteiger charge is -2.12. The molecule has 0 radical (unpaired) electrons. The number of hydrogen-bond acceptors (Lipinski definition) is 1. The Hall–Kier alpha value is -2.39. The molecule has 140 valence electrons. The van der Waals surface area contributed by atoms with Crippen molar-refractivity contribution in [3.05, 3.63) is 76.2 Å². The number of nitrogens with zero attached hydrogens (tertiary/aromatic N) is 1. The van der Waals surface area contributed by atoms with Crippen LogP contribution in [-0.2, 0) is 19.3 Å². The summed E-state index contributed by atoms with van der Waals surface area (Å²) in [7, 11) is 2.20. The van der Waals surface area contributed by atoms with Crippen molar-refractivity contribution < 1.29 is 4.39 Å². The number of aryl methyl sites for hydroxylation is 1. The van der Waals surface area contributed by atoms with Crippen molar-refractivity contribution in [1.82, 2.24) is 9.88 Å². The second-order valence-corrected chi connectivity index (χ2v) is 7.83. The van der Waals surface area contributed by atoms with Crippen molar-refractivity contribution in [3.63, 3.8) is 0 Å². The molecule has 1 N–H and O–H groups in total. The molecule has 0 amide bonds. The van der Waals surface area contributed by atoms with Gasteiger partial charge in [0.2, 0.25) is 0 Å². The Bertz CT molecular complexity index is 995. The zero-order valence-electron chi connectivity index (χ0n) is 16.4. The number of rotatable bonds is 3. The molecule has 2 heterocycles. The van der Waals surface area contributed by atoms with Gasteiger partial charge in [0.05, 0.1) is 0 Å². The molecule has 0 saturated carbocycles. The van der Waals surface area contributed by atoms with Gasteiger partial charge in [0.1, 0.15) is 5.82 Å². The lowest BCUT2D eigenvalue weighted by molar-refractivity contribution is 0.352. The molecule has 0 saturated heterocycles. The fourth-order valence-electron chi connectivity index (χ4n) is 4.11. The topological polar surface area (TPSA) is 19.0 Å². The molecular weight excluding hydrogens is 335 g/mol. The van der Waals surface area contributed by atoms with Gasteiger partial charge in [0, 0.05) is 36.1 Å². The molecule has 2 nitrogen and oxygen atoms in total. The Morgan fingerprint density at radius 3 is 2.67 bits per heavy atom. The Kier molecular flexibility index (Phi) is 4.88. The minimum absolute atomic E-state index is 0.189. The number of H-pyrrole nitrogens is 1. The molecule has 0 aliphatic carbocycles. The van der Waals surface area contributed by atoms with Crippen LogP contribution in [0, 0.1) is 12.7 Å². The normalized spacial score (nSPS) is 15.8. The van der Waals surface area contributed by atoms with Gasteiger partial charge in [-0.15, -0.1) is 0 Å². The molecule has 0 bridgehead atoms. The summed E-state index contributed by atoms with van der Waals surface area (Å²) in [4.78, 5) is 6.15. The Balaban J connectivity index is 1.69. The van der Waals surface area contributed by atoms with Crippen molar-refractivity contribution in [2.24, 2.45) is 0 Å². The van der Waals surface area contributed by atoms with Gasteiger partial charge in [-0.2, -0.15) is 0 Å². The number of nitrogens with one attached hydrogen (secondary N) is 1. The summed E-state index contributed by atoms with van der Waals surface area (Å²) in [6.07, 6.45) is 5.32. The number of aromatic nitrogens is 1. The summed E-state index contributed by atoms with van der Waals surface area (Å²) in [5.74, 6) is -0.189. The molecule has 3 aromatic rings. The molecule has 1 aliphatic rings. The monoisotopic (exact) mass is 362 g/mol. The largest absolute Gasteiger partial charge is 0.358 e. The van der Waals surface area contributed by atoms with Crippen LogP contribution in [0.1, 0.15) is 34.9 Å². The third kappa shape index (κ3) is 3.70. The number of hydrogen-bond donors (Lipinski definition) is 1. The average molecular weight is 362 g/mol. The van der Waals surface area contributed by atoms with Gasteiger partial charge in [-0.1, -0.05) is 29.8 Å². The zero-order chi connectivity index (χ0) is 19.0. The van der Waals surface area contributed by atoms with Gasteiger partial charge in [-0.3, -0.25) is 0 Å². The van der Waals surface area contributed by atoms with E-state index >= 15 is 0 Å². The Labute approximate surface area is 160 Å². The Morgan fingerprint density at radius 2 is 1.89 bits per heavy atom. The molecular formula is C24H27FN2. The van der Waals surface area contributed by atoms with E-state index in [1.54, 1.807) is 0 Å². The summed E-state index contributed by atoms with van der Waals surface area (Å²) in [6.45, 7) is 6.51. The maximum absolute atomic E-state index is 13.2. The lowest BCUT2D eigenvalue weighted by Crippen LogP contribution is -2.21.